The number of hydrogen-bond acceptors (Lipinski definition) is 4. The number of nitrogens with zero attached hydrogens (tertiary/aromatic N) is 2. The number of benzene rings is 2. The van der Waals surface area contributed by atoms with Crippen LogP contribution in [0.15, 0.2) is 70.7 Å². The topological polar surface area (TPSA) is 76.0 Å². The second kappa shape index (κ2) is 7.49. The molecule has 1 saturated heterocycles. The van der Waals surface area contributed by atoms with E-state index in [1.807, 2.05) is 60.7 Å². The smallest absolute Gasteiger partial charge is 0.263 e. The second-order valence-corrected chi connectivity index (χ2v) is 7.33. The molecule has 0 aliphatic carbocycles. The Hall–Kier alpha value is -3.10. The van der Waals surface area contributed by atoms with E-state index in [0.29, 0.717) is 5.69 Å². The maximum atomic E-state index is 12.1. The predicted molar refractivity (Wildman–Crippen MR) is 114 cm³/mol. The molecule has 28 heavy (non-hydrogen) atoms. The van der Waals surface area contributed by atoms with Gasteiger partial charge in [0.05, 0.1) is 17.1 Å². The molecule has 0 unspecified atom stereocenters. The van der Waals surface area contributed by atoms with E-state index in [1.165, 1.54) is 6.08 Å². The van der Waals surface area contributed by atoms with Gasteiger partial charge in [0.25, 0.3) is 11.8 Å². The first-order valence-electron chi connectivity index (χ1n) is 8.31. The van der Waals surface area contributed by atoms with Crippen LogP contribution in [0.3, 0.4) is 0 Å². The highest BCUT2D eigenvalue weighted by atomic mass is 79.9. The summed E-state index contributed by atoms with van der Waals surface area (Å²) >= 11 is 8.26. The predicted octanol–water partition coefficient (Wildman–Crippen LogP) is 3.22. The molecule has 2 heterocycles. The number of amides is 2. The lowest BCUT2D eigenvalue weighted by Gasteiger charge is -2.15. The zero-order valence-electron chi connectivity index (χ0n) is 14.3. The van der Waals surface area contributed by atoms with Crippen LogP contribution in [-0.4, -0.2) is 26.7 Å². The summed E-state index contributed by atoms with van der Waals surface area (Å²) in [5, 5.41) is 9.44. The van der Waals surface area contributed by atoms with Gasteiger partial charge in [-0.15, -0.1) is 0 Å². The lowest BCUT2D eigenvalue weighted by Crippen LogP contribution is -2.51. The molecule has 0 bridgehead atoms. The lowest BCUT2D eigenvalue weighted by molar-refractivity contribution is -0.123. The molecule has 2 N–H and O–H groups in total. The summed E-state index contributed by atoms with van der Waals surface area (Å²) in [7, 11) is 0. The molecule has 2 amide bonds. The van der Waals surface area contributed by atoms with Crippen molar-refractivity contribution in [2.45, 2.75) is 0 Å². The van der Waals surface area contributed by atoms with Gasteiger partial charge in [-0.1, -0.05) is 46.3 Å². The largest absolute Gasteiger partial charge is 0.299 e. The number of hydrogen-bond donors (Lipinski definition) is 2. The fraction of sp³-hybridized carbons (Fsp3) is 0. The summed E-state index contributed by atoms with van der Waals surface area (Å²) in [6, 6.07) is 19.3. The van der Waals surface area contributed by atoms with Crippen molar-refractivity contribution in [3.05, 3.63) is 76.4 Å². The highest BCUT2D eigenvalue weighted by Crippen LogP contribution is 2.26. The van der Waals surface area contributed by atoms with Crippen molar-refractivity contribution < 1.29 is 9.59 Å². The van der Waals surface area contributed by atoms with Crippen LogP contribution in [0.25, 0.3) is 23.0 Å². The number of halogens is 1. The third kappa shape index (κ3) is 3.64. The maximum absolute atomic E-state index is 12.1. The molecule has 0 spiro atoms. The lowest BCUT2D eigenvalue weighted by atomic mass is 10.1. The monoisotopic (exact) mass is 452 g/mol. The number of aromatic nitrogens is 2. The zero-order valence-corrected chi connectivity index (χ0v) is 16.8. The quantitative estimate of drug-likeness (QED) is 0.363. The Morgan fingerprint density at radius 2 is 1.61 bits per heavy atom. The van der Waals surface area contributed by atoms with Crippen molar-refractivity contribution in [3.8, 4) is 16.9 Å². The fourth-order valence-electron chi connectivity index (χ4n) is 2.82. The van der Waals surface area contributed by atoms with Gasteiger partial charge < -0.3 is 0 Å². The minimum absolute atomic E-state index is 0.00230. The molecule has 0 saturated carbocycles. The average Bonchev–Trinajstić information content (AvgIpc) is 3.10. The third-order valence-electron chi connectivity index (χ3n) is 4.10. The van der Waals surface area contributed by atoms with Crippen molar-refractivity contribution in [3.63, 3.8) is 0 Å². The molecular formula is C20H13BrN4O2S. The van der Waals surface area contributed by atoms with E-state index in [2.05, 4.69) is 31.7 Å². The summed E-state index contributed by atoms with van der Waals surface area (Å²) in [6.07, 6.45) is 1.45. The van der Waals surface area contributed by atoms with Crippen molar-refractivity contribution >= 4 is 51.2 Å². The first-order valence-corrected chi connectivity index (χ1v) is 9.51. The van der Waals surface area contributed by atoms with Crippen molar-refractivity contribution in [1.82, 2.24) is 20.4 Å². The summed E-state index contributed by atoms with van der Waals surface area (Å²) in [4.78, 5) is 24.2. The van der Waals surface area contributed by atoms with Gasteiger partial charge in [0.2, 0.25) is 0 Å². The summed E-state index contributed by atoms with van der Waals surface area (Å²) < 4.78 is 2.75. The second-order valence-electron chi connectivity index (χ2n) is 6.00. The fourth-order valence-corrected chi connectivity index (χ4v) is 3.27. The van der Waals surface area contributed by atoms with Crippen LogP contribution >= 0.6 is 28.1 Å². The van der Waals surface area contributed by atoms with E-state index in [9.17, 15) is 9.59 Å². The molecule has 0 radical (unpaired) electrons. The Kier molecular flexibility index (Phi) is 4.89. The molecule has 3 aromatic rings. The van der Waals surface area contributed by atoms with E-state index in [4.69, 9.17) is 12.2 Å². The van der Waals surface area contributed by atoms with E-state index in [1.54, 1.807) is 4.68 Å². The van der Waals surface area contributed by atoms with Gasteiger partial charge in [-0.3, -0.25) is 20.2 Å². The standard InChI is InChI=1S/C20H13BrN4O2S/c21-13-8-6-12(7-9-13)17-11-14(24-25(17)15-4-2-1-3-5-15)10-16-18(26)22-20(28)23-19(16)27/h1-11H,(H2,22,23,26,27,28). The van der Waals surface area contributed by atoms with Gasteiger partial charge >= 0.3 is 0 Å². The molecule has 4 rings (SSSR count). The summed E-state index contributed by atoms with van der Waals surface area (Å²) in [5.41, 5.74) is 3.08. The van der Waals surface area contributed by atoms with Crippen molar-refractivity contribution in [2.75, 3.05) is 0 Å². The Morgan fingerprint density at radius 3 is 2.25 bits per heavy atom. The Morgan fingerprint density at radius 1 is 0.964 bits per heavy atom. The van der Waals surface area contributed by atoms with Gasteiger partial charge in [-0.05, 0) is 48.6 Å². The molecule has 0 atom stereocenters. The molecule has 1 fully saturated rings. The van der Waals surface area contributed by atoms with Crippen LogP contribution < -0.4 is 10.6 Å². The van der Waals surface area contributed by atoms with Gasteiger partial charge in [-0.2, -0.15) is 5.10 Å². The van der Waals surface area contributed by atoms with Crippen LogP contribution in [0.1, 0.15) is 5.69 Å². The van der Waals surface area contributed by atoms with Crippen molar-refractivity contribution in [2.24, 2.45) is 0 Å². The number of nitrogens with one attached hydrogen (secondary N) is 2. The van der Waals surface area contributed by atoms with E-state index < -0.39 is 11.8 Å². The summed E-state index contributed by atoms with van der Waals surface area (Å²) in [6.45, 7) is 0. The van der Waals surface area contributed by atoms with Crippen LogP contribution in [0.5, 0.6) is 0 Å². The number of rotatable bonds is 3. The Labute approximate surface area is 174 Å². The molecule has 8 heteroatoms. The average molecular weight is 453 g/mol. The maximum Gasteiger partial charge on any atom is 0.263 e. The molecular weight excluding hydrogens is 440 g/mol. The summed E-state index contributed by atoms with van der Waals surface area (Å²) in [5.74, 6) is -1.10. The van der Waals surface area contributed by atoms with Gasteiger partial charge in [0.1, 0.15) is 5.57 Å². The normalized spacial score (nSPS) is 13.9. The number of carbonyl (C=O) groups is 2. The van der Waals surface area contributed by atoms with E-state index in [-0.39, 0.29) is 10.7 Å². The molecule has 6 nitrogen and oxygen atoms in total. The van der Waals surface area contributed by atoms with Crippen LogP contribution in [0.4, 0.5) is 0 Å². The molecule has 1 aliphatic rings. The van der Waals surface area contributed by atoms with Crippen molar-refractivity contribution in [1.29, 1.82) is 0 Å². The van der Waals surface area contributed by atoms with Crippen LogP contribution in [0, 0.1) is 0 Å². The number of para-hydroxylation sites is 1. The minimum atomic E-state index is -0.548. The zero-order chi connectivity index (χ0) is 19.7. The highest BCUT2D eigenvalue weighted by Gasteiger charge is 2.26. The van der Waals surface area contributed by atoms with Crippen LogP contribution in [-0.2, 0) is 9.59 Å². The van der Waals surface area contributed by atoms with Gasteiger partial charge in [0, 0.05) is 10.0 Å². The highest BCUT2D eigenvalue weighted by molar-refractivity contribution is 9.10. The Bertz CT molecular complexity index is 1100. The first kappa shape index (κ1) is 18.3. The molecule has 2 aromatic carbocycles. The first-order chi connectivity index (χ1) is 13.5. The third-order valence-corrected chi connectivity index (χ3v) is 4.84. The molecule has 1 aliphatic heterocycles. The SMILES string of the molecule is O=C1NC(=S)NC(=O)C1=Cc1cc(-c2ccc(Br)cc2)n(-c2ccccc2)n1. The number of thiocarbonyl (C=S) groups is 1. The van der Waals surface area contributed by atoms with Crippen LogP contribution in [0.2, 0.25) is 0 Å². The minimum Gasteiger partial charge on any atom is -0.299 e. The van der Waals surface area contributed by atoms with Gasteiger partial charge in [-0.25, -0.2) is 4.68 Å². The molecule has 1 aromatic heterocycles. The number of carbonyl (C=O) groups excluding carboxylic acids is 2. The van der Waals surface area contributed by atoms with E-state index >= 15 is 0 Å². The Balaban J connectivity index is 1.83. The van der Waals surface area contributed by atoms with Gasteiger partial charge in [0.15, 0.2) is 5.11 Å². The van der Waals surface area contributed by atoms with E-state index in [0.717, 1.165) is 21.4 Å². The molecule has 138 valence electrons.